The van der Waals surface area contributed by atoms with E-state index in [0.717, 1.165) is 12.0 Å². The van der Waals surface area contributed by atoms with Gasteiger partial charge >= 0.3 is 0 Å². The van der Waals surface area contributed by atoms with Gasteiger partial charge in [-0.25, -0.2) is 4.39 Å². The fourth-order valence-corrected chi connectivity index (χ4v) is 1.53. The molecule has 1 aromatic carbocycles. The molecule has 0 saturated carbocycles. The molecule has 0 aliphatic carbocycles. The first-order valence-corrected chi connectivity index (χ1v) is 5.66. The largest absolute Gasteiger partial charge is 0.309 e. The van der Waals surface area contributed by atoms with Gasteiger partial charge in [-0.3, -0.25) is 0 Å². The van der Waals surface area contributed by atoms with Crippen molar-refractivity contribution in [2.75, 3.05) is 0 Å². The molecule has 0 spiro atoms. The summed E-state index contributed by atoms with van der Waals surface area (Å²) in [6.45, 7) is 2.67. The lowest BCUT2D eigenvalue weighted by Gasteiger charge is -2.14. The van der Waals surface area contributed by atoms with Gasteiger partial charge in [-0.2, -0.15) is 0 Å². The number of halogens is 2. The normalized spacial score (nSPS) is 12.1. The van der Waals surface area contributed by atoms with Crippen molar-refractivity contribution in [1.82, 2.24) is 5.32 Å². The highest BCUT2D eigenvalue weighted by atomic mass is 35.5. The van der Waals surface area contributed by atoms with Crippen molar-refractivity contribution in [3.63, 3.8) is 0 Å². The molecule has 1 N–H and O–H groups in total. The topological polar surface area (TPSA) is 12.0 Å². The summed E-state index contributed by atoms with van der Waals surface area (Å²) in [4.78, 5) is 0. The van der Waals surface area contributed by atoms with Gasteiger partial charge in [0.05, 0.1) is 5.02 Å². The SMILES string of the molecule is C#CCC(CC)NCc1ccc(Cl)c(F)c1. The average molecular weight is 240 g/mol. The smallest absolute Gasteiger partial charge is 0.142 e. The van der Waals surface area contributed by atoms with E-state index in [9.17, 15) is 4.39 Å². The fourth-order valence-electron chi connectivity index (χ4n) is 1.41. The Morgan fingerprint density at radius 3 is 2.88 bits per heavy atom. The van der Waals surface area contributed by atoms with Crippen molar-refractivity contribution < 1.29 is 4.39 Å². The summed E-state index contributed by atoms with van der Waals surface area (Å²) in [6.07, 6.45) is 6.90. The summed E-state index contributed by atoms with van der Waals surface area (Å²) in [5.41, 5.74) is 0.873. The molecule has 0 radical (unpaired) electrons. The number of terminal acetylenes is 1. The molecule has 3 heteroatoms. The second-order valence-corrected chi connectivity index (χ2v) is 4.05. The molecule has 0 heterocycles. The molecule has 0 saturated heterocycles. The zero-order valence-electron chi connectivity index (χ0n) is 9.26. The lowest BCUT2D eigenvalue weighted by atomic mass is 10.1. The van der Waals surface area contributed by atoms with Crippen LogP contribution in [-0.2, 0) is 6.54 Å². The lowest BCUT2D eigenvalue weighted by molar-refractivity contribution is 0.505. The predicted octanol–water partition coefficient (Wildman–Crippen LogP) is 3.37. The van der Waals surface area contributed by atoms with E-state index in [2.05, 4.69) is 18.2 Å². The second kappa shape index (κ2) is 6.52. The van der Waals surface area contributed by atoms with Crippen LogP contribution in [0.15, 0.2) is 18.2 Å². The molecule has 1 nitrogen and oxygen atoms in total. The maximum atomic E-state index is 13.1. The Morgan fingerprint density at radius 2 is 2.31 bits per heavy atom. The minimum atomic E-state index is -0.383. The maximum absolute atomic E-state index is 13.1. The number of nitrogens with one attached hydrogen (secondary N) is 1. The van der Waals surface area contributed by atoms with Crippen LogP contribution in [-0.4, -0.2) is 6.04 Å². The van der Waals surface area contributed by atoms with Crippen LogP contribution in [0.1, 0.15) is 25.3 Å². The monoisotopic (exact) mass is 239 g/mol. The zero-order valence-corrected chi connectivity index (χ0v) is 10.0. The van der Waals surface area contributed by atoms with E-state index in [-0.39, 0.29) is 16.9 Å². The summed E-state index contributed by atoms with van der Waals surface area (Å²) >= 11 is 5.60. The van der Waals surface area contributed by atoms with Gasteiger partial charge < -0.3 is 5.32 Å². The summed E-state index contributed by atoms with van der Waals surface area (Å²) in [5, 5.41) is 3.43. The minimum Gasteiger partial charge on any atom is -0.309 e. The van der Waals surface area contributed by atoms with Crippen LogP contribution >= 0.6 is 11.6 Å². The van der Waals surface area contributed by atoms with Crippen LogP contribution in [0, 0.1) is 18.2 Å². The Morgan fingerprint density at radius 1 is 1.56 bits per heavy atom. The van der Waals surface area contributed by atoms with E-state index >= 15 is 0 Å². The molecule has 1 aromatic rings. The van der Waals surface area contributed by atoms with E-state index in [0.29, 0.717) is 13.0 Å². The summed E-state index contributed by atoms with van der Waals surface area (Å²) in [5.74, 6) is 2.23. The molecule has 1 rings (SSSR count). The van der Waals surface area contributed by atoms with Crippen molar-refractivity contribution in [2.45, 2.75) is 32.4 Å². The molecule has 0 aliphatic rings. The van der Waals surface area contributed by atoms with Gasteiger partial charge in [-0.05, 0) is 24.1 Å². The first-order valence-electron chi connectivity index (χ1n) is 5.28. The Hall–Kier alpha value is -1.04. The Bertz CT molecular complexity index is 384. The van der Waals surface area contributed by atoms with E-state index in [1.807, 2.05) is 0 Å². The molecule has 0 aliphatic heterocycles. The predicted molar refractivity (Wildman–Crippen MR) is 65.8 cm³/mol. The van der Waals surface area contributed by atoms with Crippen molar-refractivity contribution >= 4 is 11.6 Å². The Balaban J connectivity index is 2.54. The van der Waals surface area contributed by atoms with Crippen molar-refractivity contribution in [1.29, 1.82) is 0 Å². The molecular formula is C13H15ClFN. The van der Waals surface area contributed by atoms with E-state index in [1.165, 1.54) is 6.07 Å². The second-order valence-electron chi connectivity index (χ2n) is 3.64. The van der Waals surface area contributed by atoms with Gasteiger partial charge in [-0.1, -0.05) is 24.6 Å². The third-order valence-corrected chi connectivity index (χ3v) is 2.74. The molecule has 0 bridgehead atoms. The van der Waals surface area contributed by atoms with E-state index < -0.39 is 0 Å². The summed E-state index contributed by atoms with van der Waals surface area (Å²) in [6, 6.07) is 5.10. The minimum absolute atomic E-state index is 0.152. The molecule has 86 valence electrons. The first-order chi connectivity index (χ1) is 7.67. The molecule has 16 heavy (non-hydrogen) atoms. The van der Waals surface area contributed by atoms with Gasteiger partial charge in [0.25, 0.3) is 0 Å². The highest BCUT2D eigenvalue weighted by Crippen LogP contribution is 2.15. The fraction of sp³-hybridized carbons (Fsp3) is 0.385. The van der Waals surface area contributed by atoms with Crippen LogP contribution in [0.2, 0.25) is 5.02 Å². The Labute approximate surface area is 101 Å². The third-order valence-electron chi connectivity index (χ3n) is 2.44. The molecule has 0 aromatic heterocycles. The maximum Gasteiger partial charge on any atom is 0.142 e. The quantitative estimate of drug-likeness (QED) is 0.777. The van der Waals surface area contributed by atoms with Crippen LogP contribution in [0.3, 0.4) is 0 Å². The lowest BCUT2D eigenvalue weighted by Crippen LogP contribution is -2.27. The van der Waals surface area contributed by atoms with Gasteiger partial charge in [0, 0.05) is 19.0 Å². The van der Waals surface area contributed by atoms with E-state index in [1.54, 1.807) is 12.1 Å². The number of hydrogen-bond acceptors (Lipinski definition) is 1. The van der Waals surface area contributed by atoms with Crippen LogP contribution in [0.4, 0.5) is 4.39 Å². The average Bonchev–Trinajstić information content (AvgIpc) is 2.28. The zero-order chi connectivity index (χ0) is 12.0. The van der Waals surface area contributed by atoms with Crippen LogP contribution in [0.5, 0.6) is 0 Å². The first kappa shape index (κ1) is 13.0. The van der Waals surface area contributed by atoms with Gasteiger partial charge in [0.15, 0.2) is 0 Å². The molecular weight excluding hydrogens is 225 g/mol. The summed E-state index contributed by atoms with van der Waals surface area (Å²) < 4.78 is 13.1. The van der Waals surface area contributed by atoms with Crippen LogP contribution < -0.4 is 5.32 Å². The number of hydrogen-bond donors (Lipinski definition) is 1. The number of benzene rings is 1. The van der Waals surface area contributed by atoms with E-state index in [4.69, 9.17) is 18.0 Å². The highest BCUT2D eigenvalue weighted by molar-refractivity contribution is 6.30. The number of rotatable bonds is 5. The standard InChI is InChI=1S/C13H15ClFN/c1-3-5-11(4-2)16-9-10-6-7-12(14)13(15)8-10/h1,6-8,11,16H,4-5,9H2,2H3. The molecule has 0 fully saturated rings. The van der Waals surface area contributed by atoms with Gasteiger partial charge in [0.1, 0.15) is 5.82 Å². The van der Waals surface area contributed by atoms with Crippen molar-refractivity contribution in [2.24, 2.45) is 0 Å². The van der Waals surface area contributed by atoms with Gasteiger partial charge in [0.2, 0.25) is 0 Å². The Kier molecular flexibility index (Phi) is 5.31. The highest BCUT2D eigenvalue weighted by Gasteiger charge is 2.05. The molecule has 1 unspecified atom stereocenters. The van der Waals surface area contributed by atoms with Crippen molar-refractivity contribution in [3.8, 4) is 12.3 Å². The third kappa shape index (κ3) is 3.84. The molecule has 1 atom stereocenters. The summed E-state index contributed by atoms with van der Waals surface area (Å²) in [7, 11) is 0. The van der Waals surface area contributed by atoms with Gasteiger partial charge in [-0.15, -0.1) is 12.3 Å². The van der Waals surface area contributed by atoms with Crippen LogP contribution in [0.25, 0.3) is 0 Å². The van der Waals surface area contributed by atoms with Crippen molar-refractivity contribution in [3.05, 3.63) is 34.6 Å². The molecule has 0 amide bonds.